The summed E-state index contributed by atoms with van der Waals surface area (Å²) in [5.74, 6) is 0. The van der Waals surface area contributed by atoms with Crippen molar-refractivity contribution in [2.24, 2.45) is 0 Å². The van der Waals surface area contributed by atoms with Crippen LogP contribution in [0.4, 0.5) is 0 Å². The van der Waals surface area contributed by atoms with Crippen LogP contribution in [0.5, 0.6) is 0 Å². The quantitative estimate of drug-likeness (QED) is 0.735. The summed E-state index contributed by atoms with van der Waals surface area (Å²) in [5.41, 5.74) is -0.985. The SMILES string of the molecule is CCN(CC)S(=O)(=O)NC(C#N)(CC)CC. The van der Waals surface area contributed by atoms with Crippen LogP contribution in [-0.2, 0) is 10.2 Å². The summed E-state index contributed by atoms with van der Waals surface area (Å²) in [7, 11) is -3.56. The highest BCUT2D eigenvalue weighted by Crippen LogP contribution is 2.16. The van der Waals surface area contributed by atoms with E-state index < -0.39 is 15.7 Å². The first-order chi connectivity index (χ1) is 7.41. The Kier molecular flexibility index (Phi) is 5.94. The van der Waals surface area contributed by atoms with Crippen LogP contribution in [-0.4, -0.2) is 31.4 Å². The zero-order valence-electron chi connectivity index (χ0n) is 10.4. The van der Waals surface area contributed by atoms with E-state index in [0.717, 1.165) is 0 Å². The van der Waals surface area contributed by atoms with Crippen LogP contribution >= 0.6 is 0 Å². The summed E-state index contributed by atoms with van der Waals surface area (Å²) in [4.78, 5) is 0. The Morgan fingerprint density at radius 1 is 1.19 bits per heavy atom. The van der Waals surface area contributed by atoms with Crippen LogP contribution in [0.3, 0.4) is 0 Å². The molecule has 0 aromatic carbocycles. The fraction of sp³-hybridized carbons (Fsp3) is 0.900. The molecule has 5 nitrogen and oxygen atoms in total. The van der Waals surface area contributed by atoms with Gasteiger partial charge in [-0.2, -0.15) is 22.7 Å². The monoisotopic (exact) mass is 247 g/mol. The zero-order valence-corrected chi connectivity index (χ0v) is 11.3. The van der Waals surface area contributed by atoms with Gasteiger partial charge < -0.3 is 0 Å². The molecule has 0 radical (unpaired) electrons. The normalized spacial score (nSPS) is 12.8. The fourth-order valence-electron chi connectivity index (χ4n) is 1.45. The standard InChI is InChI=1S/C10H21N3O2S/c1-5-10(6-2,9-11)12-16(14,15)13(7-3)8-4/h12H,5-8H2,1-4H3. The molecule has 0 amide bonds. The van der Waals surface area contributed by atoms with E-state index in [1.54, 1.807) is 27.7 Å². The predicted molar refractivity (Wildman–Crippen MR) is 63.9 cm³/mol. The summed E-state index contributed by atoms with van der Waals surface area (Å²) in [6, 6.07) is 2.06. The van der Waals surface area contributed by atoms with Crippen molar-refractivity contribution in [2.75, 3.05) is 13.1 Å². The largest absolute Gasteiger partial charge is 0.280 e. The fourth-order valence-corrected chi connectivity index (χ4v) is 3.09. The average molecular weight is 247 g/mol. The van der Waals surface area contributed by atoms with Crippen LogP contribution in [0.2, 0.25) is 0 Å². The topological polar surface area (TPSA) is 73.2 Å². The lowest BCUT2D eigenvalue weighted by molar-refractivity contribution is 0.393. The van der Waals surface area contributed by atoms with E-state index in [2.05, 4.69) is 10.8 Å². The third kappa shape index (κ3) is 3.44. The summed E-state index contributed by atoms with van der Waals surface area (Å²) in [5, 5.41) is 9.07. The van der Waals surface area contributed by atoms with Crippen LogP contribution in [0.1, 0.15) is 40.5 Å². The molecule has 0 saturated heterocycles. The lowest BCUT2D eigenvalue weighted by Gasteiger charge is -2.28. The average Bonchev–Trinajstić information content (AvgIpc) is 2.27. The molecule has 0 atom stereocenters. The lowest BCUT2D eigenvalue weighted by Crippen LogP contribution is -2.52. The van der Waals surface area contributed by atoms with Gasteiger partial charge in [0.2, 0.25) is 0 Å². The molecular weight excluding hydrogens is 226 g/mol. The van der Waals surface area contributed by atoms with Crippen molar-refractivity contribution >= 4 is 10.2 Å². The number of nitrogens with one attached hydrogen (secondary N) is 1. The second-order valence-electron chi connectivity index (χ2n) is 3.59. The smallest absolute Gasteiger partial charge is 0.196 e. The minimum absolute atomic E-state index is 0.404. The van der Waals surface area contributed by atoms with Gasteiger partial charge in [-0.1, -0.05) is 27.7 Å². The molecule has 16 heavy (non-hydrogen) atoms. The van der Waals surface area contributed by atoms with E-state index in [-0.39, 0.29) is 0 Å². The van der Waals surface area contributed by atoms with Gasteiger partial charge in [-0.15, -0.1) is 0 Å². The van der Waals surface area contributed by atoms with Crippen molar-refractivity contribution in [1.82, 2.24) is 9.03 Å². The molecule has 0 saturated carbocycles. The molecular formula is C10H21N3O2S. The Balaban J connectivity index is 5.02. The Morgan fingerprint density at radius 3 is 1.88 bits per heavy atom. The van der Waals surface area contributed by atoms with Gasteiger partial charge in [0.15, 0.2) is 0 Å². The first-order valence-electron chi connectivity index (χ1n) is 5.61. The van der Waals surface area contributed by atoms with Crippen molar-refractivity contribution < 1.29 is 8.42 Å². The molecule has 0 unspecified atom stereocenters. The van der Waals surface area contributed by atoms with Crippen LogP contribution in [0.15, 0.2) is 0 Å². The summed E-state index contributed by atoms with van der Waals surface area (Å²) >= 11 is 0. The third-order valence-electron chi connectivity index (χ3n) is 2.79. The predicted octanol–water partition coefficient (Wildman–Crippen LogP) is 1.24. The molecule has 0 aliphatic heterocycles. The minimum Gasteiger partial charge on any atom is -0.196 e. The molecule has 94 valence electrons. The summed E-state index contributed by atoms with van der Waals surface area (Å²) in [6.07, 6.45) is 0.918. The van der Waals surface area contributed by atoms with Gasteiger partial charge in [-0.25, -0.2) is 0 Å². The van der Waals surface area contributed by atoms with E-state index in [4.69, 9.17) is 5.26 Å². The Labute approximate surface area is 98.6 Å². The molecule has 6 heteroatoms. The first-order valence-corrected chi connectivity index (χ1v) is 7.05. The van der Waals surface area contributed by atoms with E-state index in [1.165, 1.54) is 4.31 Å². The van der Waals surface area contributed by atoms with Crippen LogP contribution in [0, 0.1) is 11.3 Å². The molecule has 0 aromatic rings. The minimum atomic E-state index is -3.56. The van der Waals surface area contributed by atoms with Gasteiger partial charge in [0, 0.05) is 13.1 Å². The summed E-state index contributed by atoms with van der Waals surface area (Å²) < 4.78 is 27.7. The van der Waals surface area contributed by atoms with Crippen LogP contribution < -0.4 is 4.72 Å². The van der Waals surface area contributed by atoms with Crippen molar-refractivity contribution in [3.05, 3.63) is 0 Å². The highest BCUT2D eigenvalue weighted by Gasteiger charge is 2.33. The van der Waals surface area contributed by atoms with E-state index in [1.807, 2.05) is 0 Å². The molecule has 1 N–H and O–H groups in total. The Hall–Kier alpha value is -0.640. The number of nitrogens with zero attached hydrogens (tertiary/aromatic N) is 2. The van der Waals surface area contributed by atoms with E-state index in [0.29, 0.717) is 25.9 Å². The van der Waals surface area contributed by atoms with Crippen LogP contribution in [0.25, 0.3) is 0 Å². The third-order valence-corrected chi connectivity index (χ3v) is 4.64. The number of rotatable bonds is 7. The maximum Gasteiger partial charge on any atom is 0.280 e. The molecule has 0 heterocycles. The van der Waals surface area contributed by atoms with Crippen molar-refractivity contribution in [1.29, 1.82) is 5.26 Å². The van der Waals surface area contributed by atoms with Gasteiger partial charge in [-0.3, -0.25) is 0 Å². The Bertz CT molecular complexity index is 338. The number of hydrogen-bond acceptors (Lipinski definition) is 3. The maximum atomic E-state index is 11.9. The zero-order chi connectivity index (χ0) is 12.8. The number of hydrogen-bond donors (Lipinski definition) is 1. The molecule has 0 fully saturated rings. The second-order valence-corrected chi connectivity index (χ2v) is 5.26. The maximum absolute atomic E-state index is 11.9. The van der Waals surface area contributed by atoms with Crippen molar-refractivity contribution in [3.63, 3.8) is 0 Å². The molecule has 0 aromatic heterocycles. The van der Waals surface area contributed by atoms with Gasteiger partial charge in [0.25, 0.3) is 10.2 Å². The number of nitriles is 1. The van der Waals surface area contributed by atoms with Gasteiger partial charge in [0.1, 0.15) is 5.54 Å². The van der Waals surface area contributed by atoms with Crippen molar-refractivity contribution in [3.8, 4) is 6.07 Å². The Morgan fingerprint density at radius 2 is 1.62 bits per heavy atom. The van der Waals surface area contributed by atoms with Crippen molar-refractivity contribution in [2.45, 2.75) is 46.1 Å². The second kappa shape index (κ2) is 6.18. The lowest BCUT2D eigenvalue weighted by atomic mass is 9.97. The first kappa shape index (κ1) is 15.4. The molecule has 0 spiro atoms. The van der Waals surface area contributed by atoms with Gasteiger partial charge in [-0.05, 0) is 12.8 Å². The summed E-state index contributed by atoms with van der Waals surface area (Å²) in [6.45, 7) is 7.96. The van der Waals surface area contributed by atoms with Gasteiger partial charge >= 0.3 is 0 Å². The highest BCUT2D eigenvalue weighted by atomic mass is 32.2. The highest BCUT2D eigenvalue weighted by molar-refractivity contribution is 7.87. The molecule has 0 bridgehead atoms. The molecule has 0 aliphatic rings. The molecule has 0 rings (SSSR count). The van der Waals surface area contributed by atoms with Gasteiger partial charge in [0.05, 0.1) is 6.07 Å². The van der Waals surface area contributed by atoms with E-state index >= 15 is 0 Å². The van der Waals surface area contributed by atoms with E-state index in [9.17, 15) is 8.42 Å². The molecule has 0 aliphatic carbocycles.